The zero-order valence-corrected chi connectivity index (χ0v) is 15.1. The highest BCUT2D eigenvalue weighted by molar-refractivity contribution is 5.93. The normalized spacial score (nSPS) is 10.6. The molecule has 0 saturated heterocycles. The molecule has 0 unspecified atom stereocenters. The third-order valence-electron chi connectivity index (χ3n) is 3.61. The Morgan fingerprint density at radius 2 is 1.36 bits per heavy atom. The van der Waals surface area contributed by atoms with Crippen LogP contribution < -0.4 is 0 Å². The van der Waals surface area contributed by atoms with Crippen molar-refractivity contribution < 1.29 is 24.9 Å². The van der Waals surface area contributed by atoms with E-state index in [9.17, 15) is 14.7 Å². The van der Waals surface area contributed by atoms with Crippen LogP contribution in [-0.2, 0) is 5.41 Å². The highest BCUT2D eigenvalue weighted by atomic mass is 16.4. The molecule has 0 fully saturated rings. The lowest BCUT2D eigenvalue weighted by atomic mass is 9.84. The second kappa shape index (κ2) is 7.83. The molecule has 0 atom stereocenters. The molecule has 0 aliphatic rings. The van der Waals surface area contributed by atoms with Crippen LogP contribution in [0.4, 0.5) is 0 Å². The van der Waals surface area contributed by atoms with Crippen molar-refractivity contribution in [3.63, 3.8) is 0 Å². The molecule has 0 amide bonds. The van der Waals surface area contributed by atoms with Gasteiger partial charge in [-0.05, 0) is 48.6 Å². The van der Waals surface area contributed by atoms with Crippen molar-refractivity contribution in [1.29, 1.82) is 0 Å². The molecule has 0 aliphatic heterocycles. The van der Waals surface area contributed by atoms with Gasteiger partial charge in [0.05, 0.1) is 11.1 Å². The molecule has 0 aliphatic carbocycles. The first-order valence-electron chi connectivity index (χ1n) is 7.81. The number of hydrogen-bond acceptors (Lipinski definition) is 3. The molecule has 5 nitrogen and oxygen atoms in total. The molecule has 5 heteroatoms. The highest BCUT2D eigenvalue weighted by Gasteiger charge is 2.19. The number of aromatic carboxylic acids is 2. The van der Waals surface area contributed by atoms with Crippen LogP contribution >= 0.6 is 0 Å². The lowest BCUT2D eigenvalue weighted by molar-refractivity contribution is 0.0696. The van der Waals surface area contributed by atoms with Crippen molar-refractivity contribution in [1.82, 2.24) is 0 Å². The maximum atomic E-state index is 10.4. The zero-order chi connectivity index (χ0) is 19.4. The van der Waals surface area contributed by atoms with Crippen LogP contribution in [-0.4, -0.2) is 27.3 Å². The van der Waals surface area contributed by atoms with E-state index in [1.807, 2.05) is 13.0 Å². The molecule has 0 saturated carbocycles. The molecule has 3 N–H and O–H groups in total. The molecule has 134 valence electrons. The van der Waals surface area contributed by atoms with Crippen molar-refractivity contribution >= 4 is 11.9 Å². The third-order valence-corrected chi connectivity index (χ3v) is 3.61. The van der Waals surface area contributed by atoms with Gasteiger partial charge >= 0.3 is 11.9 Å². The molecular weight excluding hydrogens is 320 g/mol. The fourth-order valence-corrected chi connectivity index (χ4v) is 2.32. The lowest BCUT2D eigenvalue weighted by Crippen LogP contribution is -2.12. The van der Waals surface area contributed by atoms with E-state index in [-0.39, 0.29) is 16.5 Å². The topological polar surface area (TPSA) is 94.8 Å². The van der Waals surface area contributed by atoms with Crippen molar-refractivity contribution in [3.05, 3.63) is 64.2 Å². The SMILES string of the molecule is Cc1cc(C)c(O)c(C(C)(C)C)c1.O=C(O)c1cccc(C(=O)O)c1. The fourth-order valence-electron chi connectivity index (χ4n) is 2.32. The number of carboxylic acid groups (broad SMARTS) is 2. The first-order valence-corrected chi connectivity index (χ1v) is 7.81. The second-order valence-corrected chi connectivity index (χ2v) is 6.92. The number of rotatable bonds is 2. The van der Waals surface area contributed by atoms with Crippen LogP contribution in [0.25, 0.3) is 0 Å². The number of carbonyl (C=O) groups is 2. The van der Waals surface area contributed by atoms with E-state index in [4.69, 9.17) is 10.2 Å². The summed E-state index contributed by atoms with van der Waals surface area (Å²) >= 11 is 0. The minimum atomic E-state index is -1.13. The number of phenolic OH excluding ortho intramolecular Hbond substituents is 1. The summed E-state index contributed by atoms with van der Waals surface area (Å²) in [6.45, 7) is 10.3. The lowest BCUT2D eigenvalue weighted by Gasteiger charge is -2.22. The van der Waals surface area contributed by atoms with Crippen molar-refractivity contribution in [2.45, 2.75) is 40.0 Å². The van der Waals surface area contributed by atoms with Gasteiger partial charge in [-0.15, -0.1) is 0 Å². The number of hydrogen-bond donors (Lipinski definition) is 3. The summed E-state index contributed by atoms with van der Waals surface area (Å²) in [6, 6.07) is 9.26. The van der Waals surface area contributed by atoms with Gasteiger partial charge in [-0.25, -0.2) is 9.59 Å². The molecular formula is C20H24O5. The number of phenols is 1. The standard InChI is InChI=1S/C12H18O.C8H6O4/c1-8-6-9(2)11(13)10(7-8)12(3,4)5;9-7(10)5-2-1-3-6(4-5)8(11)12/h6-7,13H,1-5H3;1-4H,(H,9,10)(H,11,12). The van der Waals surface area contributed by atoms with Gasteiger partial charge < -0.3 is 15.3 Å². The van der Waals surface area contributed by atoms with E-state index in [0.29, 0.717) is 5.75 Å². The first-order chi connectivity index (χ1) is 11.4. The molecule has 0 spiro atoms. The number of benzene rings is 2. The van der Waals surface area contributed by atoms with E-state index < -0.39 is 11.9 Å². The monoisotopic (exact) mass is 344 g/mol. The Morgan fingerprint density at radius 1 is 0.880 bits per heavy atom. The van der Waals surface area contributed by atoms with Crippen LogP contribution in [0.2, 0.25) is 0 Å². The van der Waals surface area contributed by atoms with Gasteiger partial charge in [0.25, 0.3) is 0 Å². The van der Waals surface area contributed by atoms with E-state index in [1.54, 1.807) is 0 Å². The molecule has 0 bridgehead atoms. The Bertz CT molecular complexity index is 756. The zero-order valence-electron chi connectivity index (χ0n) is 15.1. The summed E-state index contributed by atoms with van der Waals surface area (Å²) in [7, 11) is 0. The summed E-state index contributed by atoms with van der Waals surface area (Å²) in [5.74, 6) is -1.81. The van der Waals surface area contributed by atoms with Crippen molar-refractivity contribution in [3.8, 4) is 5.75 Å². The molecule has 25 heavy (non-hydrogen) atoms. The summed E-state index contributed by atoms with van der Waals surface area (Å²) in [5.41, 5.74) is 3.18. The fraction of sp³-hybridized carbons (Fsp3) is 0.300. The van der Waals surface area contributed by atoms with E-state index in [0.717, 1.165) is 17.2 Å². The summed E-state index contributed by atoms with van der Waals surface area (Å²) in [5, 5.41) is 26.9. The van der Waals surface area contributed by atoms with Crippen LogP contribution in [0.3, 0.4) is 0 Å². The molecule has 0 heterocycles. The molecule has 2 aromatic carbocycles. The van der Waals surface area contributed by atoms with Crippen molar-refractivity contribution in [2.24, 2.45) is 0 Å². The van der Waals surface area contributed by atoms with Crippen LogP contribution in [0.1, 0.15) is 58.2 Å². The molecule has 2 aromatic rings. The Hall–Kier alpha value is -2.82. The van der Waals surface area contributed by atoms with Gasteiger partial charge in [-0.3, -0.25) is 0 Å². The van der Waals surface area contributed by atoms with Gasteiger partial charge in [-0.2, -0.15) is 0 Å². The Balaban J connectivity index is 0.000000251. The smallest absolute Gasteiger partial charge is 0.335 e. The summed E-state index contributed by atoms with van der Waals surface area (Å²) < 4.78 is 0. The quantitative estimate of drug-likeness (QED) is 0.751. The van der Waals surface area contributed by atoms with E-state index in [1.165, 1.54) is 23.8 Å². The number of aromatic hydroxyl groups is 1. The minimum Gasteiger partial charge on any atom is -0.507 e. The molecule has 0 aromatic heterocycles. The highest BCUT2D eigenvalue weighted by Crippen LogP contribution is 2.33. The number of carboxylic acids is 2. The average Bonchev–Trinajstić information content (AvgIpc) is 2.50. The first kappa shape index (κ1) is 20.2. The molecule has 0 radical (unpaired) electrons. The van der Waals surface area contributed by atoms with E-state index in [2.05, 4.69) is 33.8 Å². The average molecular weight is 344 g/mol. The third kappa shape index (κ3) is 5.64. The molecule has 2 rings (SSSR count). The predicted octanol–water partition coefficient (Wildman–Crippen LogP) is 4.39. The van der Waals surface area contributed by atoms with E-state index >= 15 is 0 Å². The van der Waals surface area contributed by atoms with Crippen LogP contribution in [0, 0.1) is 13.8 Å². The van der Waals surface area contributed by atoms with Gasteiger partial charge in [-0.1, -0.05) is 44.5 Å². The maximum absolute atomic E-state index is 10.4. The van der Waals surface area contributed by atoms with Crippen LogP contribution in [0.5, 0.6) is 5.75 Å². The minimum absolute atomic E-state index is 0.0147. The Morgan fingerprint density at radius 3 is 1.76 bits per heavy atom. The second-order valence-electron chi connectivity index (χ2n) is 6.92. The summed E-state index contributed by atoms with van der Waals surface area (Å²) in [6.07, 6.45) is 0. The Labute approximate surface area is 147 Å². The Kier molecular flexibility index (Phi) is 6.34. The number of aryl methyl sites for hydroxylation is 2. The maximum Gasteiger partial charge on any atom is 0.335 e. The largest absolute Gasteiger partial charge is 0.507 e. The van der Waals surface area contributed by atoms with Gasteiger partial charge in [0.2, 0.25) is 0 Å². The summed E-state index contributed by atoms with van der Waals surface area (Å²) in [4.78, 5) is 20.8. The van der Waals surface area contributed by atoms with Crippen molar-refractivity contribution in [2.75, 3.05) is 0 Å². The predicted molar refractivity (Wildman–Crippen MR) is 96.6 cm³/mol. The van der Waals surface area contributed by atoms with Gasteiger partial charge in [0.15, 0.2) is 0 Å². The van der Waals surface area contributed by atoms with Gasteiger partial charge in [0, 0.05) is 0 Å². The van der Waals surface area contributed by atoms with Crippen LogP contribution in [0.15, 0.2) is 36.4 Å². The van der Waals surface area contributed by atoms with Gasteiger partial charge in [0.1, 0.15) is 5.75 Å².